The Bertz CT molecular complexity index is 563. The van der Waals surface area contributed by atoms with E-state index in [4.69, 9.17) is 10.2 Å². The van der Waals surface area contributed by atoms with Gasteiger partial charge in [0.05, 0.1) is 0 Å². The molecule has 0 aliphatic heterocycles. The Morgan fingerprint density at radius 1 is 1.28 bits per heavy atom. The average Bonchev–Trinajstić information content (AvgIpc) is 2.64. The smallest absolute Gasteiger partial charge is 0.162 e. The molecule has 0 aliphatic carbocycles. The van der Waals surface area contributed by atoms with Gasteiger partial charge in [0.15, 0.2) is 11.6 Å². The largest absolute Gasteiger partial charge is 0.466 e. The zero-order valence-corrected chi connectivity index (χ0v) is 10.3. The number of hydrogen-bond acceptors (Lipinski definition) is 2. The first-order valence-electron chi connectivity index (χ1n) is 5.74. The highest BCUT2D eigenvalue weighted by atomic mass is 19.2. The van der Waals surface area contributed by atoms with Crippen LogP contribution in [0.3, 0.4) is 0 Å². The second kappa shape index (κ2) is 4.90. The second-order valence-corrected chi connectivity index (χ2v) is 4.39. The predicted octanol–water partition coefficient (Wildman–Crippen LogP) is 3.42. The summed E-state index contributed by atoms with van der Waals surface area (Å²) in [5.41, 5.74) is 7.12. The molecule has 2 aromatic rings. The molecule has 1 heterocycles. The lowest BCUT2D eigenvalue weighted by molar-refractivity contribution is 0.487. The first kappa shape index (κ1) is 12.8. The zero-order chi connectivity index (χ0) is 13.3. The van der Waals surface area contributed by atoms with Gasteiger partial charge in [-0.05, 0) is 38.0 Å². The van der Waals surface area contributed by atoms with Crippen molar-refractivity contribution in [2.45, 2.75) is 26.3 Å². The minimum Gasteiger partial charge on any atom is -0.466 e. The fourth-order valence-corrected chi connectivity index (χ4v) is 2.07. The van der Waals surface area contributed by atoms with Crippen molar-refractivity contribution in [2.24, 2.45) is 5.73 Å². The van der Waals surface area contributed by atoms with E-state index in [9.17, 15) is 8.78 Å². The number of furan rings is 1. The van der Waals surface area contributed by atoms with Crippen molar-refractivity contribution in [1.29, 1.82) is 0 Å². The Kier molecular flexibility index (Phi) is 3.48. The number of halogens is 2. The van der Waals surface area contributed by atoms with Gasteiger partial charge in [0.25, 0.3) is 0 Å². The topological polar surface area (TPSA) is 39.2 Å². The zero-order valence-electron chi connectivity index (χ0n) is 10.3. The van der Waals surface area contributed by atoms with E-state index in [0.29, 0.717) is 0 Å². The lowest BCUT2D eigenvalue weighted by Crippen LogP contribution is -2.14. The number of hydrogen-bond donors (Lipinski definition) is 1. The van der Waals surface area contributed by atoms with Crippen LogP contribution in [-0.4, -0.2) is 0 Å². The molecule has 0 aliphatic rings. The highest BCUT2D eigenvalue weighted by Crippen LogP contribution is 2.24. The molecule has 2 rings (SSSR count). The fourth-order valence-electron chi connectivity index (χ4n) is 2.07. The van der Waals surface area contributed by atoms with Gasteiger partial charge in [-0.3, -0.25) is 0 Å². The summed E-state index contributed by atoms with van der Waals surface area (Å²) in [6.45, 7) is 3.64. The van der Waals surface area contributed by atoms with Crippen LogP contribution in [0.1, 0.15) is 28.7 Å². The maximum absolute atomic E-state index is 13.5. The van der Waals surface area contributed by atoms with Crippen molar-refractivity contribution in [3.05, 3.63) is 58.5 Å². The van der Waals surface area contributed by atoms with Crippen LogP contribution >= 0.6 is 0 Å². The Hall–Kier alpha value is -1.68. The van der Waals surface area contributed by atoms with Gasteiger partial charge >= 0.3 is 0 Å². The van der Waals surface area contributed by atoms with Crippen LogP contribution in [-0.2, 0) is 6.42 Å². The Morgan fingerprint density at radius 3 is 2.61 bits per heavy atom. The predicted molar refractivity (Wildman–Crippen MR) is 65.2 cm³/mol. The van der Waals surface area contributed by atoms with Crippen LogP contribution in [0.2, 0.25) is 0 Å². The monoisotopic (exact) mass is 251 g/mol. The molecule has 96 valence electrons. The summed E-state index contributed by atoms with van der Waals surface area (Å²) in [5, 5.41) is 0. The van der Waals surface area contributed by atoms with E-state index in [2.05, 4.69) is 0 Å². The van der Waals surface area contributed by atoms with Crippen LogP contribution in [0.4, 0.5) is 8.78 Å². The van der Waals surface area contributed by atoms with Crippen molar-refractivity contribution in [3.8, 4) is 0 Å². The van der Waals surface area contributed by atoms with Crippen LogP contribution in [0.25, 0.3) is 0 Å². The van der Waals surface area contributed by atoms with Crippen molar-refractivity contribution < 1.29 is 13.2 Å². The van der Waals surface area contributed by atoms with E-state index >= 15 is 0 Å². The summed E-state index contributed by atoms with van der Waals surface area (Å²) in [7, 11) is 0. The summed E-state index contributed by atoms with van der Waals surface area (Å²) in [4.78, 5) is 0. The lowest BCUT2D eigenvalue weighted by Gasteiger charge is -2.11. The first-order valence-corrected chi connectivity index (χ1v) is 5.74. The van der Waals surface area contributed by atoms with Gasteiger partial charge in [0.1, 0.15) is 11.5 Å². The third kappa shape index (κ3) is 2.43. The van der Waals surface area contributed by atoms with E-state index in [-0.39, 0.29) is 12.0 Å². The highest BCUT2D eigenvalue weighted by Gasteiger charge is 2.16. The first-order chi connectivity index (χ1) is 8.49. The van der Waals surface area contributed by atoms with E-state index in [1.807, 2.05) is 19.9 Å². The van der Waals surface area contributed by atoms with E-state index in [1.54, 1.807) is 6.07 Å². The Labute approximate surface area is 104 Å². The molecule has 0 fully saturated rings. The standard InChI is InChI=1S/C14H15F2NO/c1-8-6-11(9(2)18-8)13(17)7-10-4-3-5-12(15)14(10)16/h3-6,13H,7,17H2,1-2H3. The molecule has 1 aromatic carbocycles. The molecular formula is C14H15F2NO. The third-order valence-corrected chi connectivity index (χ3v) is 2.95. The summed E-state index contributed by atoms with van der Waals surface area (Å²) < 4.78 is 32.0. The fraction of sp³-hybridized carbons (Fsp3) is 0.286. The number of rotatable bonds is 3. The van der Waals surface area contributed by atoms with Crippen LogP contribution in [0, 0.1) is 25.5 Å². The SMILES string of the molecule is Cc1cc(C(N)Cc2cccc(F)c2F)c(C)o1. The molecule has 1 atom stereocenters. The van der Waals surface area contributed by atoms with Crippen molar-refractivity contribution in [1.82, 2.24) is 0 Å². The molecule has 2 nitrogen and oxygen atoms in total. The molecule has 1 aromatic heterocycles. The van der Waals surface area contributed by atoms with Gasteiger partial charge in [0, 0.05) is 11.6 Å². The maximum Gasteiger partial charge on any atom is 0.162 e. The normalized spacial score (nSPS) is 12.7. The minimum atomic E-state index is -0.847. The van der Waals surface area contributed by atoms with Crippen molar-refractivity contribution >= 4 is 0 Å². The van der Waals surface area contributed by atoms with Gasteiger partial charge in [0.2, 0.25) is 0 Å². The number of benzene rings is 1. The molecule has 0 amide bonds. The van der Waals surface area contributed by atoms with Gasteiger partial charge in [-0.1, -0.05) is 12.1 Å². The van der Waals surface area contributed by atoms with Gasteiger partial charge in [-0.15, -0.1) is 0 Å². The third-order valence-electron chi connectivity index (χ3n) is 2.95. The summed E-state index contributed by atoms with van der Waals surface area (Å²) in [5.74, 6) is -0.194. The molecule has 0 bridgehead atoms. The van der Waals surface area contributed by atoms with E-state index in [0.717, 1.165) is 23.2 Å². The summed E-state index contributed by atoms with van der Waals surface area (Å²) in [6, 6.07) is 5.54. The average molecular weight is 251 g/mol. The molecule has 18 heavy (non-hydrogen) atoms. The van der Waals surface area contributed by atoms with E-state index < -0.39 is 17.7 Å². The van der Waals surface area contributed by atoms with Gasteiger partial charge < -0.3 is 10.2 Å². The summed E-state index contributed by atoms with van der Waals surface area (Å²) >= 11 is 0. The van der Waals surface area contributed by atoms with Crippen LogP contribution in [0.5, 0.6) is 0 Å². The lowest BCUT2D eigenvalue weighted by atomic mass is 9.99. The maximum atomic E-state index is 13.5. The molecular weight excluding hydrogens is 236 g/mol. The van der Waals surface area contributed by atoms with Crippen molar-refractivity contribution in [2.75, 3.05) is 0 Å². The Morgan fingerprint density at radius 2 is 2.00 bits per heavy atom. The quantitative estimate of drug-likeness (QED) is 0.907. The molecule has 0 spiro atoms. The van der Waals surface area contributed by atoms with Gasteiger partial charge in [-0.25, -0.2) is 8.78 Å². The summed E-state index contributed by atoms with van der Waals surface area (Å²) in [6.07, 6.45) is 0.239. The van der Waals surface area contributed by atoms with Crippen LogP contribution in [0.15, 0.2) is 28.7 Å². The molecule has 0 radical (unpaired) electrons. The highest BCUT2D eigenvalue weighted by molar-refractivity contribution is 5.27. The van der Waals surface area contributed by atoms with Crippen LogP contribution < -0.4 is 5.73 Å². The van der Waals surface area contributed by atoms with Gasteiger partial charge in [-0.2, -0.15) is 0 Å². The minimum absolute atomic E-state index is 0.239. The molecule has 1 unspecified atom stereocenters. The van der Waals surface area contributed by atoms with Crippen molar-refractivity contribution in [3.63, 3.8) is 0 Å². The number of nitrogens with two attached hydrogens (primary N) is 1. The molecule has 4 heteroatoms. The Balaban J connectivity index is 2.24. The number of aryl methyl sites for hydroxylation is 2. The molecule has 2 N–H and O–H groups in total. The van der Waals surface area contributed by atoms with E-state index in [1.165, 1.54) is 6.07 Å². The second-order valence-electron chi connectivity index (χ2n) is 4.39. The molecule has 0 saturated carbocycles. The molecule has 0 saturated heterocycles.